The Labute approximate surface area is 149 Å². The lowest BCUT2D eigenvalue weighted by Gasteiger charge is -2.33. The van der Waals surface area contributed by atoms with Gasteiger partial charge in [-0.1, -0.05) is 4.49 Å². The molecule has 1 amide bonds. The molecule has 2 aromatic heterocycles. The van der Waals surface area contributed by atoms with E-state index in [2.05, 4.69) is 24.9 Å². The number of thiazole rings is 1. The number of rotatable bonds is 6. The van der Waals surface area contributed by atoms with Gasteiger partial charge in [0.1, 0.15) is 11.1 Å². The standard InChI is InChI=1S/C15H21N5O2S2/c1-3-22-11(2)14-16-12(9-23-14)8-19-4-6-20(7-5-19)15(21)13-10-24-18-17-13/h9-11H,3-8H2,1-2H3. The van der Waals surface area contributed by atoms with Crippen molar-refractivity contribution < 1.29 is 9.53 Å². The molecule has 1 unspecified atom stereocenters. The van der Waals surface area contributed by atoms with Crippen LogP contribution in [0.15, 0.2) is 10.8 Å². The first-order valence-corrected chi connectivity index (χ1v) is 9.73. The zero-order chi connectivity index (χ0) is 16.9. The highest BCUT2D eigenvalue weighted by molar-refractivity contribution is 7.09. The van der Waals surface area contributed by atoms with Crippen LogP contribution in [-0.4, -0.2) is 63.1 Å². The maximum Gasteiger partial charge on any atom is 0.275 e. The SMILES string of the molecule is CCOC(C)c1nc(CN2CCN(C(=O)c3csnn3)CC2)cs1. The van der Waals surface area contributed by atoms with Gasteiger partial charge in [0, 0.05) is 50.1 Å². The smallest absolute Gasteiger partial charge is 0.275 e. The van der Waals surface area contributed by atoms with Crippen LogP contribution in [0.2, 0.25) is 0 Å². The van der Waals surface area contributed by atoms with Crippen LogP contribution >= 0.6 is 22.9 Å². The van der Waals surface area contributed by atoms with E-state index in [1.54, 1.807) is 16.7 Å². The molecule has 0 aliphatic carbocycles. The zero-order valence-corrected chi connectivity index (χ0v) is 15.5. The van der Waals surface area contributed by atoms with Crippen molar-refractivity contribution in [1.29, 1.82) is 0 Å². The number of aromatic nitrogens is 3. The van der Waals surface area contributed by atoms with Crippen LogP contribution < -0.4 is 0 Å². The summed E-state index contributed by atoms with van der Waals surface area (Å²) in [5.41, 5.74) is 1.52. The van der Waals surface area contributed by atoms with E-state index in [4.69, 9.17) is 4.74 Å². The topological polar surface area (TPSA) is 71.5 Å². The predicted octanol–water partition coefficient (Wildman–Crippen LogP) is 2.05. The van der Waals surface area contributed by atoms with Crippen molar-refractivity contribution in [3.63, 3.8) is 0 Å². The third-order valence-corrected chi connectivity index (χ3v) is 5.52. The van der Waals surface area contributed by atoms with Gasteiger partial charge in [0.25, 0.3) is 5.91 Å². The van der Waals surface area contributed by atoms with Crippen molar-refractivity contribution >= 4 is 28.8 Å². The summed E-state index contributed by atoms with van der Waals surface area (Å²) >= 11 is 2.85. The molecule has 3 heterocycles. The average Bonchev–Trinajstić information content (AvgIpc) is 3.27. The van der Waals surface area contributed by atoms with Crippen molar-refractivity contribution in [3.8, 4) is 0 Å². The summed E-state index contributed by atoms with van der Waals surface area (Å²) in [5.74, 6) is -0.0233. The Kier molecular flexibility index (Phi) is 5.88. The van der Waals surface area contributed by atoms with Crippen LogP contribution in [0.5, 0.6) is 0 Å². The number of carbonyl (C=O) groups is 1. The minimum Gasteiger partial charge on any atom is -0.372 e. The van der Waals surface area contributed by atoms with Gasteiger partial charge < -0.3 is 9.64 Å². The van der Waals surface area contributed by atoms with Gasteiger partial charge in [0.05, 0.1) is 5.69 Å². The lowest BCUT2D eigenvalue weighted by Crippen LogP contribution is -2.48. The minimum absolute atomic E-state index is 0.0233. The summed E-state index contributed by atoms with van der Waals surface area (Å²) in [6, 6.07) is 0. The molecular formula is C15H21N5O2S2. The number of ether oxygens (including phenoxy) is 1. The van der Waals surface area contributed by atoms with Gasteiger partial charge >= 0.3 is 0 Å². The maximum atomic E-state index is 12.3. The summed E-state index contributed by atoms with van der Waals surface area (Å²) in [6.45, 7) is 8.65. The summed E-state index contributed by atoms with van der Waals surface area (Å²) in [7, 11) is 0. The molecular weight excluding hydrogens is 346 g/mol. The van der Waals surface area contributed by atoms with Gasteiger partial charge in [-0.25, -0.2) is 4.98 Å². The van der Waals surface area contributed by atoms with Crippen LogP contribution in [0.3, 0.4) is 0 Å². The highest BCUT2D eigenvalue weighted by Gasteiger charge is 2.24. The molecule has 130 valence electrons. The average molecular weight is 368 g/mol. The third-order valence-electron chi connectivity index (χ3n) is 3.96. The van der Waals surface area contributed by atoms with Crippen molar-refractivity contribution in [1.82, 2.24) is 24.4 Å². The van der Waals surface area contributed by atoms with E-state index in [9.17, 15) is 4.79 Å². The van der Waals surface area contributed by atoms with Crippen molar-refractivity contribution in [3.05, 3.63) is 27.2 Å². The second-order valence-electron chi connectivity index (χ2n) is 5.63. The first kappa shape index (κ1) is 17.4. The number of hydrogen-bond donors (Lipinski definition) is 0. The van der Waals surface area contributed by atoms with E-state index in [-0.39, 0.29) is 12.0 Å². The molecule has 0 saturated carbocycles. The molecule has 0 aromatic carbocycles. The number of amides is 1. The van der Waals surface area contributed by atoms with Gasteiger partial charge in [-0.15, -0.1) is 16.4 Å². The third kappa shape index (κ3) is 4.15. The van der Waals surface area contributed by atoms with Gasteiger partial charge in [-0.05, 0) is 25.4 Å². The molecule has 7 nitrogen and oxygen atoms in total. The van der Waals surface area contributed by atoms with E-state index in [0.29, 0.717) is 25.4 Å². The molecule has 0 bridgehead atoms. The molecule has 0 radical (unpaired) electrons. The fourth-order valence-electron chi connectivity index (χ4n) is 2.66. The highest BCUT2D eigenvalue weighted by Crippen LogP contribution is 2.22. The fourth-order valence-corrected chi connectivity index (χ4v) is 3.90. The quantitative estimate of drug-likeness (QED) is 0.778. The molecule has 0 spiro atoms. The van der Waals surface area contributed by atoms with Crippen LogP contribution in [0, 0.1) is 0 Å². The van der Waals surface area contributed by atoms with E-state index < -0.39 is 0 Å². The molecule has 1 fully saturated rings. The highest BCUT2D eigenvalue weighted by atomic mass is 32.1. The predicted molar refractivity (Wildman–Crippen MR) is 93.2 cm³/mol. The van der Waals surface area contributed by atoms with E-state index >= 15 is 0 Å². The minimum atomic E-state index is -0.0233. The lowest BCUT2D eigenvalue weighted by molar-refractivity contribution is 0.0619. The van der Waals surface area contributed by atoms with Gasteiger partial charge in [0.2, 0.25) is 0 Å². The summed E-state index contributed by atoms with van der Waals surface area (Å²) in [6.07, 6.45) is 0.0509. The number of nitrogens with zero attached hydrogens (tertiary/aromatic N) is 5. The summed E-state index contributed by atoms with van der Waals surface area (Å²) < 4.78 is 9.34. The van der Waals surface area contributed by atoms with Crippen LogP contribution in [0.4, 0.5) is 0 Å². The molecule has 2 aromatic rings. The second kappa shape index (κ2) is 8.11. The molecule has 0 N–H and O–H groups in total. The molecule has 9 heteroatoms. The normalized spacial score (nSPS) is 17.2. The Morgan fingerprint density at radius 2 is 2.12 bits per heavy atom. The Balaban J connectivity index is 1.50. The Bertz CT molecular complexity index is 653. The molecule has 24 heavy (non-hydrogen) atoms. The first-order valence-electron chi connectivity index (χ1n) is 8.02. The van der Waals surface area contributed by atoms with Crippen molar-refractivity contribution in [2.75, 3.05) is 32.8 Å². The zero-order valence-electron chi connectivity index (χ0n) is 13.8. The molecule has 3 rings (SSSR count). The maximum absolute atomic E-state index is 12.3. The largest absolute Gasteiger partial charge is 0.372 e. The first-order chi connectivity index (χ1) is 11.7. The summed E-state index contributed by atoms with van der Waals surface area (Å²) in [5, 5.41) is 8.68. The van der Waals surface area contributed by atoms with Crippen molar-refractivity contribution in [2.24, 2.45) is 0 Å². The Morgan fingerprint density at radius 1 is 1.33 bits per heavy atom. The van der Waals surface area contributed by atoms with Gasteiger partial charge in [-0.2, -0.15) is 0 Å². The fraction of sp³-hybridized carbons (Fsp3) is 0.600. The van der Waals surface area contributed by atoms with E-state index in [0.717, 1.165) is 30.3 Å². The molecule has 1 atom stereocenters. The molecule has 1 aliphatic rings. The number of piperazine rings is 1. The van der Waals surface area contributed by atoms with Crippen LogP contribution in [0.1, 0.15) is 41.1 Å². The number of carbonyl (C=O) groups excluding carboxylic acids is 1. The van der Waals surface area contributed by atoms with Crippen molar-refractivity contribution in [2.45, 2.75) is 26.5 Å². The Morgan fingerprint density at radius 3 is 2.79 bits per heavy atom. The summed E-state index contributed by atoms with van der Waals surface area (Å²) in [4.78, 5) is 21.1. The van der Waals surface area contributed by atoms with Gasteiger partial charge in [0.15, 0.2) is 5.69 Å². The van der Waals surface area contributed by atoms with Crippen LogP contribution in [0.25, 0.3) is 0 Å². The lowest BCUT2D eigenvalue weighted by atomic mass is 10.2. The van der Waals surface area contributed by atoms with E-state index in [1.807, 2.05) is 18.7 Å². The number of hydrogen-bond acceptors (Lipinski definition) is 8. The Hall–Kier alpha value is -1.42. The van der Waals surface area contributed by atoms with Crippen LogP contribution in [-0.2, 0) is 11.3 Å². The molecule has 1 saturated heterocycles. The van der Waals surface area contributed by atoms with Gasteiger partial charge in [-0.3, -0.25) is 9.69 Å². The monoisotopic (exact) mass is 367 g/mol. The van der Waals surface area contributed by atoms with E-state index in [1.165, 1.54) is 11.5 Å². The second-order valence-corrected chi connectivity index (χ2v) is 7.13. The molecule has 1 aliphatic heterocycles.